The Kier molecular flexibility index (Phi) is 4.65. The molecule has 0 unspecified atom stereocenters. The lowest BCUT2D eigenvalue weighted by atomic mass is 9.88. The van der Waals surface area contributed by atoms with E-state index >= 15 is 0 Å². The third kappa shape index (κ3) is 3.19. The lowest BCUT2D eigenvalue weighted by Gasteiger charge is -2.34. The van der Waals surface area contributed by atoms with Gasteiger partial charge in [0, 0.05) is 25.0 Å². The maximum atomic E-state index is 13.9. The van der Waals surface area contributed by atoms with Crippen LogP contribution >= 0.6 is 0 Å². The molecule has 29 heavy (non-hydrogen) atoms. The fourth-order valence-electron chi connectivity index (χ4n) is 4.13. The number of benzene rings is 1. The molecular formula is C20H21F3N4O2. The predicted molar refractivity (Wildman–Crippen MR) is 101 cm³/mol. The first-order chi connectivity index (χ1) is 13.8. The Bertz CT molecular complexity index is 963. The number of hydrogen-bond acceptors (Lipinski definition) is 5. The van der Waals surface area contributed by atoms with Gasteiger partial charge in [-0.25, -0.2) is 4.98 Å². The van der Waals surface area contributed by atoms with Gasteiger partial charge in [0.1, 0.15) is 5.69 Å². The molecule has 1 fully saturated rings. The molecule has 0 spiro atoms. The Morgan fingerprint density at radius 1 is 1.34 bits per heavy atom. The largest absolute Gasteiger partial charge is 0.480 e. The van der Waals surface area contributed by atoms with Crippen molar-refractivity contribution in [2.75, 3.05) is 32.1 Å². The van der Waals surface area contributed by atoms with Crippen molar-refractivity contribution in [1.82, 2.24) is 15.2 Å². The number of amides is 1. The molecule has 3 heterocycles. The van der Waals surface area contributed by atoms with Crippen molar-refractivity contribution in [2.24, 2.45) is 0 Å². The van der Waals surface area contributed by atoms with Crippen LogP contribution in [0, 0.1) is 0 Å². The smallest absolute Gasteiger partial charge is 0.417 e. The zero-order valence-electron chi connectivity index (χ0n) is 16.1. The average molecular weight is 406 g/mol. The van der Waals surface area contributed by atoms with Gasteiger partial charge in [-0.3, -0.25) is 4.79 Å². The molecule has 4 rings (SSSR count). The number of anilines is 2. The van der Waals surface area contributed by atoms with E-state index in [2.05, 4.69) is 15.6 Å². The molecule has 1 amide bonds. The van der Waals surface area contributed by atoms with Crippen LogP contribution in [0.15, 0.2) is 30.5 Å². The van der Waals surface area contributed by atoms with Gasteiger partial charge in [0.15, 0.2) is 0 Å². The van der Waals surface area contributed by atoms with Gasteiger partial charge >= 0.3 is 6.18 Å². The monoisotopic (exact) mass is 406 g/mol. The van der Waals surface area contributed by atoms with E-state index in [1.54, 1.807) is 23.1 Å². The van der Waals surface area contributed by atoms with Crippen molar-refractivity contribution >= 4 is 17.3 Å². The van der Waals surface area contributed by atoms with E-state index in [9.17, 15) is 18.0 Å². The van der Waals surface area contributed by atoms with Crippen molar-refractivity contribution in [3.05, 3.63) is 47.2 Å². The van der Waals surface area contributed by atoms with Gasteiger partial charge in [0.25, 0.3) is 5.91 Å². The highest BCUT2D eigenvalue weighted by Gasteiger charge is 2.51. The van der Waals surface area contributed by atoms with Crippen LogP contribution in [-0.4, -0.2) is 42.5 Å². The molecule has 1 aromatic heterocycles. The van der Waals surface area contributed by atoms with E-state index in [-0.39, 0.29) is 17.1 Å². The molecule has 0 radical (unpaired) electrons. The molecule has 0 aliphatic carbocycles. The Morgan fingerprint density at radius 2 is 2.14 bits per heavy atom. The Morgan fingerprint density at radius 3 is 2.86 bits per heavy atom. The fraction of sp³-hybridized carbons (Fsp3) is 0.400. The summed E-state index contributed by atoms with van der Waals surface area (Å²) in [6.45, 7) is 3.32. The van der Waals surface area contributed by atoms with Gasteiger partial charge in [-0.15, -0.1) is 0 Å². The molecule has 1 saturated heterocycles. The highest BCUT2D eigenvalue weighted by atomic mass is 19.4. The van der Waals surface area contributed by atoms with E-state index in [0.717, 1.165) is 6.07 Å². The van der Waals surface area contributed by atoms with Crippen LogP contribution in [0.25, 0.3) is 0 Å². The first kappa shape index (κ1) is 19.5. The lowest BCUT2D eigenvalue weighted by Crippen LogP contribution is -2.45. The van der Waals surface area contributed by atoms with Crippen LogP contribution in [0.4, 0.5) is 24.5 Å². The van der Waals surface area contributed by atoms with Crippen LogP contribution in [0.5, 0.6) is 5.88 Å². The van der Waals surface area contributed by atoms with E-state index in [4.69, 9.17) is 4.74 Å². The molecular weight excluding hydrogens is 385 g/mol. The molecule has 0 saturated carbocycles. The minimum Gasteiger partial charge on any atom is -0.480 e. The summed E-state index contributed by atoms with van der Waals surface area (Å²) in [5, 5.41) is 6.21. The number of pyridine rings is 1. The van der Waals surface area contributed by atoms with Gasteiger partial charge in [0.05, 0.1) is 23.8 Å². The molecule has 1 atom stereocenters. The second kappa shape index (κ2) is 6.91. The number of nitrogens with one attached hydrogen (secondary N) is 2. The second-order valence-electron chi connectivity index (χ2n) is 7.39. The molecule has 154 valence electrons. The van der Waals surface area contributed by atoms with Crippen molar-refractivity contribution in [2.45, 2.75) is 25.1 Å². The van der Waals surface area contributed by atoms with Crippen molar-refractivity contribution in [1.29, 1.82) is 0 Å². The van der Waals surface area contributed by atoms with Gasteiger partial charge in [0.2, 0.25) is 5.88 Å². The number of halogens is 3. The number of aromatic nitrogens is 1. The average Bonchev–Trinajstić information content (AvgIpc) is 2.80. The third-order valence-electron chi connectivity index (χ3n) is 5.53. The number of fused-ring (bicyclic) bond motifs is 3. The first-order valence-electron chi connectivity index (χ1n) is 9.30. The molecule has 9 heteroatoms. The minimum absolute atomic E-state index is 0.225. The lowest BCUT2D eigenvalue weighted by molar-refractivity contribution is -0.137. The molecule has 0 bridgehead atoms. The molecule has 2 aromatic rings. The van der Waals surface area contributed by atoms with Crippen LogP contribution in [0.1, 0.15) is 34.8 Å². The number of ether oxygens (including phenoxy) is 1. The summed E-state index contributed by atoms with van der Waals surface area (Å²) in [5.74, 6) is -0.300. The van der Waals surface area contributed by atoms with Gasteiger partial charge < -0.3 is 20.3 Å². The highest BCUT2D eigenvalue weighted by molar-refractivity contribution is 6.02. The maximum Gasteiger partial charge on any atom is 0.417 e. The molecule has 2 aliphatic heterocycles. The molecule has 6 nitrogen and oxygen atoms in total. The maximum absolute atomic E-state index is 13.9. The number of alkyl halides is 3. The number of carbonyl (C=O) groups is 1. The SMILES string of the molecule is COc1ncccc1Nc1cc(C(F)(F)F)c2c(c1)[C@]1(C)CNCCCN1C2=O. The predicted octanol–water partition coefficient (Wildman–Crippen LogP) is 3.52. The van der Waals surface area contributed by atoms with Gasteiger partial charge in [-0.1, -0.05) is 0 Å². The van der Waals surface area contributed by atoms with E-state index in [1.807, 2.05) is 6.92 Å². The third-order valence-corrected chi connectivity index (χ3v) is 5.53. The quantitative estimate of drug-likeness (QED) is 0.817. The van der Waals surface area contributed by atoms with Crippen molar-refractivity contribution in [3.8, 4) is 5.88 Å². The standard InChI is InChI=1S/C20H21F3N4O2/c1-19-11-24-6-4-8-27(19)18(28)16-13(19)9-12(10-14(16)20(21,22)23)26-15-5-3-7-25-17(15)29-2/h3,5,7,9-10,24,26H,4,6,8,11H2,1-2H3/t19-/m0/s1. The number of rotatable bonds is 3. The van der Waals surface area contributed by atoms with Gasteiger partial charge in [-0.05, 0) is 49.7 Å². The molecule has 1 aromatic carbocycles. The summed E-state index contributed by atoms with van der Waals surface area (Å²) in [6.07, 6.45) is -2.44. The van der Waals surface area contributed by atoms with E-state index in [0.29, 0.717) is 37.3 Å². The summed E-state index contributed by atoms with van der Waals surface area (Å²) in [6, 6.07) is 5.93. The minimum atomic E-state index is -4.66. The van der Waals surface area contributed by atoms with Crippen LogP contribution in [0.2, 0.25) is 0 Å². The Balaban J connectivity index is 1.88. The van der Waals surface area contributed by atoms with Crippen LogP contribution in [-0.2, 0) is 11.7 Å². The zero-order valence-corrected chi connectivity index (χ0v) is 16.1. The topological polar surface area (TPSA) is 66.5 Å². The van der Waals surface area contributed by atoms with Crippen molar-refractivity contribution < 1.29 is 22.7 Å². The van der Waals surface area contributed by atoms with Gasteiger partial charge in [-0.2, -0.15) is 13.2 Å². The second-order valence-corrected chi connectivity index (χ2v) is 7.39. The number of carbonyl (C=O) groups excluding carboxylic acids is 1. The van der Waals surface area contributed by atoms with E-state index < -0.39 is 23.2 Å². The molecule has 2 aliphatic rings. The summed E-state index contributed by atoms with van der Waals surface area (Å²) < 4.78 is 46.9. The Hall–Kier alpha value is -2.81. The fourth-order valence-corrected chi connectivity index (χ4v) is 4.13. The van der Waals surface area contributed by atoms with Crippen LogP contribution in [0.3, 0.4) is 0 Å². The number of methoxy groups -OCH3 is 1. The first-order valence-corrected chi connectivity index (χ1v) is 9.30. The highest BCUT2D eigenvalue weighted by Crippen LogP contribution is 2.47. The Labute approximate surface area is 166 Å². The van der Waals surface area contributed by atoms with E-state index in [1.165, 1.54) is 13.3 Å². The molecule has 2 N–H and O–H groups in total. The number of nitrogens with zero attached hydrogens (tertiary/aromatic N) is 2. The van der Waals surface area contributed by atoms with Crippen molar-refractivity contribution in [3.63, 3.8) is 0 Å². The zero-order chi connectivity index (χ0) is 20.8. The summed E-state index contributed by atoms with van der Waals surface area (Å²) in [5.41, 5.74) is -1.00. The summed E-state index contributed by atoms with van der Waals surface area (Å²) in [7, 11) is 1.44. The summed E-state index contributed by atoms with van der Waals surface area (Å²) >= 11 is 0. The van der Waals surface area contributed by atoms with Crippen LogP contribution < -0.4 is 15.4 Å². The number of hydrogen-bond donors (Lipinski definition) is 2. The summed E-state index contributed by atoms with van der Waals surface area (Å²) in [4.78, 5) is 18.6. The normalized spacial score (nSPS) is 21.4.